The highest BCUT2D eigenvalue weighted by molar-refractivity contribution is 7.12. The van der Waals surface area contributed by atoms with Gasteiger partial charge in [-0.25, -0.2) is 4.98 Å². The van der Waals surface area contributed by atoms with Gasteiger partial charge in [0.25, 0.3) is 5.91 Å². The lowest BCUT2D eigenvalue weighted by Crippen LogP contribution is -2.42. The summed E-state index contributed by atoms with van der Waals surface area (Å²) in [6.07, 6.45) is 3.99. The van der Waals surface area contributed by atoms with E-state index in [2.05, 4.69) is 22.5 Å². The van der Waals surface area contributed by atoms with Crippen molar-refractivity contribution in [2.24, 2.45) is 5.41 Å². The van der Waals surface area contributed by atoms with Gasteiger partial charge in [-0.1, -0.05) is 6.92 Å². The molecule has 2 aromatic heterocycles. The molecule has 0 spiro atoms. The maximum Gasteiger partial charge on any atom is 0.253 e. The van der Waals surface area contributed by atoms with Gasteiger partial charge in [-0.3, -0.25) is 9.36 Å². The van der Waals surface area contributed by atoms with Crippen LogP contribution in [0.3, 0.4) is 0 Å². The SMILES string of the molecule is Cc1cc(C(=O)NCC2(C)CCNCC2)c(C)n1-c1nccs1. The summed E-state index contributed by atoms with van der Waals surface area (Å²) in [4.78, 5) is 17.0. The molecule has 2 N–H and O–H groups in total. The maximum atomic E-state index is 12.6. The predicted octanol–water partition coefficient (Wildman–Crippen LogP) is 2.67. The third kappa shape index (κ3) is 3.33. The predicted molar refractivity (Wildman–Crippen MR) is 93.5 cm³/mol. The molecule has 0 radical (unpaired) electrons. The molecule has 1 fully saturated rings. The summed E-state index contributed by atoms with van der Waals surface area (Å²) >= 11 is 1.58. The molecule has 124 valence electrons. The molecule has 0 bridgehead atoms. The molecule has 6 heteroatoms. The van der Waals surface area contributed by atoms with Crippen LogP contribution in [0.4, 0.5) is 0 Å². The number of carbonyl (C=O) groups is 1. The zero-order chi connectivity index (χ0) is 16.4. The number of thiazole rings is 1. The fraction of sp³-hybridized carbons (Fsp3) is 0.529. The van der Waals surface area contributed by atoms with E-state index >= 15 is 0 Å². The minimum atomic E-state index is 0.0145. The van der Waals surface area contributed by atoms with Crippen LogP contribution in [-0.4, -0.2) is 35.1 Å². The standard InChI is InChI=1S/C17H24N4OS/c1-12-10-14(13(2)21(12)16-19-8-9-23-16)15(22)20-11-17(3)4-6-18-7-5-17/h8-10,18H,4-7,11H2,1-3H3,(H,20,22). The minimum Gasteiger partial charge on any atom is -0.351 e. The Morgan fingerprint density at radius 1 is 1.43 bits per heavy atom. The Morgan fingerprint density at radius 3 is 2.83 bits per heavy atom. The fourth-order valence-corrected chi connectivity index (χ4v) is 3.96. The second kappa shape index (κ2) is 6.45. The summed E-state index contributed by atoms with van der Waals surface area (Å²) in [5, 5.41) is 9.37. The average molecular weight is 332 g/mol. The molecule has 3 rings (SSSR count). The number of piperidine rings is 1. The van der Waals surface area contributed by atoms with E-state index in [1.54, 1.807) is 17.5 Å². The van der Waals surface area contributed by atoms with Gasteiger partial charge in [0.05, 0.1) is 5.56 Å². The number of rotatable bonds is 4. The van der Waals surface area contributed by atoms with Crippen molar-refractivity contribution >= 4 is 17.2 Å². The van der Waals surface area contributed by atoms with Crippen LogP contribution in [0.5, 0.6) is 0 Å². The molecule has 1 saturated heterocycles. The number of carbonyl (C=O) groups excluding carboxylic acids is 1. The second-order valence-electron chi connectivity index (χ2n) is 6.68. The van der Waals surface area contributed by atoms with Gasteiger partial charge in [-0.05, 0) is 51.3 Å². The van der Waals surface area contributed by atoms with E-state index in [0.717, 1.165) is 54.6 Å². The Balaban J connectivity index is 1.74. The van der Waals surface area contributed by atoms with Crippen LogP contribution >= 0.6 is 11.3 Å². The van der Waals surface area contributed by atoms with Gasteiger partial charge in [0, 0.05) is 29.5 Å². The summed E-state index contributed by atoms with van der Waals surface area (Å²) in [6, 6.07) is 1.96. The van der Waals surface area contributed by atoms with E-state index in [-0.39, 0.29) is 11.3 Å². The number of nitrogens with zero attached hydrogens (tertiary/aromatic N) is 2. The van der Waals surface area contributed by atoms with Gasteiger partial charge in [0.2, 0.25) is 0 Å². The van der Waals surface area contributed by atoms with Crippen molar-refractivity contribution in [1.29, 1.82) is 0 Å². The Labute approximate surface area is 141 Å². The molecule has 2 aromatic rings. The Hall–Kier alpha value is -1.66. The number of amides is 1. The first-order valence-electron chi connectivity index (χ1n) is 8.08. The lowest BCUT2D eigenvalue weighted by molar-refractivity contribution is 0.0921. The summed E-state index contributed by atoms with van der Waals surface area (Å²) in [7, 11) is 0. The quantitative estimate of drug-likeness (QED) is 0.905. The van der Waals surface area contributed by atoms with Gasteiger partial charge in [-0.2, -0.15) is 0 Å². The molecule has 0 unspecified atom stereocenters. The van der Waals surface area contributed by atoms with Gasteiger partial charge in [-0.15, -0.1) is 11.3 Å². The minimum absolute atomic E-state index is 0.0145. The van der Waals surface area contributed by atoms with E-state index in [9.17, 15) is 4.79 Å². The first-order valence-corrected chi connectivity index (χ1v) is 8.96. The van der Waals surface area contributed by atoms with E-state index in [1.165, 1.54) is 0 Å². The lowest BCUT2D eigenvalue weighted by Gasteiger charge is -2.34. The topological polar surface area (TPSA) is 59.0 Å². The van der Waals surface area contributed by atoms with Crippen LogP contribution < -0.4 is 10.6 Å². The Morgan fingerprint density at radius 2 is 2.17 bits per heavy atom. The first-order chi connectivity index (χ1) is 11.0. The van der Waals surface area contributed by atoms with Gasteiger partial charge in [0.15, 0.2) is 5.13 Å². The van der Waals surface area contributed by atoms with E-state index in [1.807, 2.05) is 29.9 Å². The van der Waals surface area contributed by atoms with Crippen LogP contribution in [0, 0.1) is 19.3 Å². The highest BCUT2D eigenvalue weighted by Gasteiger charge is 2.28. The van der Waals surface area contributed by atoms with Crippen molar-refractivity contribution < 1.29 is 4.79 Å². The normalized spacial score (nSPS) is 17.2. The third-order valence-electron chi connectivity index (χ3n) is 4.77. The fourth-order valence-electron chi connectivity index (χ4n) is 3.21. The zero-order valence-electron chi connectivity index (χ0n) is 14.0. The van der Waals surface area contributed by atoms with Crippen molar-refractivity contribution in [2.75, 3.05) is 19.6 Å². The van der Waals surface area contributed by atoms with Crippen molar-refractivity contribution in [3.8, 4) is 5.13 Å². The summed E-state index contributed by atoms with van der Waals surface area (Å²) in [6.45, 7) is 9.05. The Bertz CT molecular complexity index is 684. The van der Waals surface area contributed by atoms with Crippen LogP contribution in [0.15, 0.2) is 17.6 Å². The van der Waals surface area contributed by atoms with E-state index < -0.39 is 0 Å². The van der Waals surface area contributed by atoms with Crippen molar-refractivity contribution in [3.63, 3.8) is 0 Å². The number of nitrogens with one attached hydrogen (secondary N) is 2. The summed E-state index contributed by atoms with van der Waals surface area (Å²) < 4.78 is 2.05. The first kappa shape index (κ1) is 16.2. The van der Waals surface area contributed by atoms with Crippen LogP contribution in [0.25, 0.3) is 5.13 Å². The second-order valence-corrected chi connectivity index (χ2v) is 7.55. The van der Waals surface area contributed by atoms with E-state index in [4.69, 9.17) is 0 Å². The molecule has 0 saturated carbocycles. The largest absolute Gasteiger partial charge is 0.351 e. The van der Waals surface area contributed by atoms with Crippen LogP contribution in [0.1, 0.15) is 41.5 Å². The smallest absolute Gasteiger partial charge is 0.253 e. The molecular weight excluding hydrogens is 308 g/mol. The molecule has 23 heavy (non-hydrogen) atoms. The Kier molecular flexibility index (Phi) is 4.55. The van der Waals surface area contributed by atoms with Gasteiger partial charge < -0.3 is 10.6 Å². The maximum absolute atomic E-state index is 12.6. The molecule has 1 aliphatic heterocycles. The lowest BCUT2D eigenvalue weighted by atomic mass is 9.81. The summed E-state index contributed by atoms with van der Waals surface area (Å²) in [5.41, 5.74) is 2.93. The third-order valence-corrected chi connectivity index (χ3v) is 5.53. The van der Waals surface area contributed by atoms with Crippen molar-refractivity contribution in [2.45, 2.75) is 33.6 Å². The molecule has 0 aromatic carbocycles. The molecular formula is C17H24N4OS. The van der Waals surface area contributed by atoms with Crippen LogP contribution in [0.2, 0.25) is 0 Å². The molecule has 0 aliphatic carbocycles. The molecule has 0 atom stereocenters. The molecule has 1 aliphatic rings. The molecule has 5 nitrogen and oxygen atoms in total. The summed E-state index contributed by atoms with van der Waals surface area (Å²) in [5.74, 6) is 0.0145. The zero-order valence-corrected chi connectivity index (χ0v) is 14.8. The average Bonchev–Trinajstić information content (AvgIpc) is 3.14. The number of hydrogen-bond acceptors (Lipinski definition) is 4. The van der Waals surface area contributed by atoms with Gasteiger partial charge >= 0.3 is 0 Å². The number of aryl methyl sites for hydroxylation is 1. The van der Waals surface area contributed by atoms with E-state index in [0.29, 0.717) is 0 Å². The highest BCUT2D eigenvalue weighted by atomic mass is 32.1. The monoisotopic (exact) mass is 332 g/mol. The highest BCUT2D eigenvalue weighted by Crippen LogP contribution is 2.27. The van der Waals surface area contributed by atoms with Crippen molar-refractivity contribution in [1.82, 2.24) is 20.2 Å². The number of aromatic nitrogens is 2. The molecule has 3 heterocycles. The molecule has 1 amide bonds. The van der Waals surface area contributed by atoms with Crippen LogP contribution in [-0.2, 0) is 0 Å². The number of hydrogen-bond donors (Lipinski definition) is 2. The van der Waals surface area contributed by atoms with Gasteiger partial charge in [0.1, 0.15) is 0 Å². The van der Waals surface area contributed by atoms with Crippen molar-refractivity contribution in [3.05, 3.63) is 34.6 Å².